The minimum absolute atomic E-state index is 0.282. The van der Waals surface area contributed by atoms with Crippen molar-refractivity contribution < 1.29 is 4.39 Å². The smallest absolute Gasteiger partial charge is 0.127 e. The summed E-state index contributed by atoms with van der Waals surface area (Å²) in [5, 5.41) is 6.92. The second-order valence-corrected chi connectivity index (χ2v) is 12.4. The lowest BCUT2D eigenvalue weighted by Gasteiger charge is -2.20. The van der Waals surface area contributed by atoms with Gasteiger partial charge in [-0.25, -0.2) is 4.39 Å². The Morgan fingerprint density at radius 3 is 2.06 bits per heavy atom. The predicted octanol–water partition coefficient (Wildman–Crippen LogP) is 11.6. The van der Waals surface area contributed by atoms with E-state index in [1.807, 2.05) is 66.2 Å². The van der Waals surface area contributed by atoms with E-state index in [1.165, 1.54) is 56.3 Å². The fraction of sp³-hybridized carbons (Fsp3) is 0.500. The quantitative estimate of drug-likeness (QED) is 0.0995. The van der Waals surface area contributed by atoms with Gasteiger partial charge in [0.1, 0.15) is 5.82 Å². The van der Waals surface area contributed by atoms with Gasteiger partial charge in [-0.2, -0.15) is 0 Å². The molecule has 3 aromatic rings. The monoisotopic (exact) mass is 737 g/mol. The summed E-state index contributed by atoms with van der Waals surface area (Å²) in [6, 6.07) is 10.1. The molecule has 2 saturated carbocycles. The maximum absolute atomic E-state index is 13.8. The topological polar surface area (TPSA) is 101 Å². The van der Waals surface area contributed by atoms with E-state index in [2.05, 4.69) is 81.0 Å². The van der Waals surface area contributed by atoms with Gasteiger partial charge in [0.25, 0.3) is 0 Å². The Labute approximate surface area is 322 Å². The van der Waals surface area contributed by atoms with Gasteiger partial charge in [0.2, 0.25) is 0 Å². The van der Waals surface area contributed by atoms with E-state index in [4.69, 9.17) is 22.3 Å². The largest absolute Gasteiger partial charge is 0.397 e. The summed E-state index contributed by atoms with van der Waals surface area (Å²) in [5.41, 5.74) is 20.0. The zero-order chi connectivity index (χ0) is 40.4. The number of allylic oxidation sites excluding steroid dienone is 1. The van der Waals surface area contributed by atoms with Crippen LogP contribution in [0.1, 0.15) is 120 Å². The summed E-state index contributed by atoms with van der Waals surface area (Å²) in [4.78, 5) is 9.45. The third kappa shape index (κ3) is 16.7. The van der Waals surface area contributed by atoms with Crippen molar-refractivity contribution in [2.24, 2.45) is 16.6 Å². The molecule has 0 radical (unpaired) electrons. The first-order valence-corrected chi connectivity index (χ1v) is 19.2. The van der Waals surface area contributed by atoms with Crippen LogP contribution in [0.25, 0.3) is 11.3 Å². The molecule has 2 aliphatic carbocycles. The number of nitrogen functional groups attached to an aromatic ring is 1. The molecule has 5 rings (SSSR count). The Bertz CT molecular complexity index is 1510. The summed E-state index contributed by atoms with van der Waals surface area (Å²) >= 11 is 6.47. The fourth-order valence-corrected chi connectivity index (χ4v) is 5.17. The second-order valence-electron chi connectivity index (χ2n) is 12.0. The summed E-state index contributed by atoms with van der Waals surface area (Å²) in [5.74, 6) is 0.779. The van der Waals surface area contributed by atoms with Gasteiger partial charge in [-0.3, -0.25) is 9.98 Å². The fourth-order valence-electron chi connectivity index (χ4n) is 4.93. The summed E-state index contributed by atoms with van der Waals surface area (Å²) < 4.78 is 13.8. The van der Waals surface area contributed by atoms with Crippen LogP contribution >= 0.6 is 11.6 Å². The second kappa shape index (κ2) is 28.7. The summed E-state index contributed by atoms with van der Waals surface area (Å²) in [7, 11) is 3.38. The molecule has 0 saturated heterocycles. The van der Waals surface area contributed by atoms with Crippen molar-refractivity contribution in [1.82, 2.24) is 10.3 Å². The molecule has 0 spiro atoms. The van der Waals surface area contributed by atoms with E-state index in [-0.39, 0.29) is 5.82 Å². The number of pyridine rings is 1. The molecule has 8 heteroatoms. The number of terminal acetylenes is 1. The molecule has 1 heterocycles. The maximum atomic E-state index is 13.8. The zero-order valence-electron chi connectivity index (χ0n) is 34.6. The Hall–Kier alpha value is -3.86. The lowest BCUT2D eigenvalue weighted by molar-refractivity contribution is 0.564. The highest BCUT2D eigenvalue weighted by Gasteiger charge is 2.33. The number of nitrogens with one attached hydrogen (secondary N) is 2. The van der Waals surface area contributed by atoms with Crippen LogP contribution in [0.4, 0.5) is 15.8 Å². The predicted molar refractivity (Wildman–Crippen MR) is 232 cm³/mol. The minimum Gasteiger partial charge on any atom is -0.397 e. The maximum Gasteiger partial charge on any atom is 0.127 e. The van der Waals surface area contributed by atoms with Crippen molar-refractivity contribution in [2.45, 2.75) is 120 Å². The van der Waals surface area contributed by atoms with Crippen LogP contribution in [0.15, 0.2) is 47.6 Å². The number of halogens is 2. The van der Waals surface area contributed by atoms with Crippen molar-refractivity contribution in [3.05, 3.63) is 87.0 Å². The summed E-state index contributed by atoms with van der Waals surface area (Å²) in [6.45, 7) is 23.1. The van der Waals surface area contributed by atoms with Gasteiger partial charge in [0.05, 0.1) is 28.1 Å². The molecule has 2 aliphatic rings. The Morgan fingerprint density at radius 2 is 1.56 bits per heavy atom. The van der Waals surface area contributed by atoms with E-state index in [9.17, 15) is 4.39 Å². The van der Waals surface area contributed by atoms with Gasteiger partial charge in [-0.15, -0.1) is 12.8 Å². The number of aliphatic imine (C=N–C) groups is 1. The van der Waals surface area contributed by atoms with E-state index in [0.29, 0.717) is 28.5 Å². The normalized spacial score (nSPS) is 13.0. The first kappa shape index (κ1) is 50.2. The SMILES string of the molecule is C#C.CC.CC.CC=CNCC(c1cc(C)c(C)c(-c2ccc(F)c(C)c2Cl)n1)C1CC1.CCC.CN.CNc1cc(C)cc(C=NC2CC2)c1N. The van der Waals surface area contributed by atoms with Gasteiger partial charge in [-0.05, 0) is 126 Å². The number of nitrogens with two attached hydrogens (primary N) is 2. The van der Waals surface area contributed by atoms with Crippen molar-refractivity contribution in [3.63, 3.8) is 0 Å². The first-order chi connectivity index (χ1) is 25.1. The van der Waals surface area contributed by atoms with Crippen LogP contribution in [0, 0.1) is 52.3 Å². The molecule has 1 unspecified atom stereocenters. The highest BCUT2D eigenvalue weighted by Crippen LogP contribution is 2.43. The van der Waals surface area contributed by atoms with Crippen molar-refractivity contribution >= 4 is 29.2 Å². The Kier molecular flexibility index (Phi) is 27.7. The minimum atomic E-state index is -0.282. The third-order valence-electron chi connectivity index (χ3n) is 7.92. The molecule has 2 aromatic carbocycles. The van der Waals surface area contributed by atoms with E-state index in [0.717, 1.165) is 46.0 Å². The third-order valence-corrected chi connectivity index (χ3v) is 8.40. The van der Waals surface area contributed by atoms with E-state index in [1.54, 1.807) is 13.0 Å². The van der Waals surface area contributed by atoms with Crippen LogP contribution in [-0.4, -0.2) is 37.9 Å². The first-order valence-electron chi connectivity index (χ1n) is 18.9. The summed E-state index contributed by atoms with van der Waals surface area (Å²) in [6.07, 6.45) is 20.1. The van der Waals surface area contributed by atoms with Gasteiger partial charge in [0, 0.05) is 48.1 Å². The standard InChI is InChI=1S/C22H26ClFN2.C12H17N3.C3H8.2C2H6.C2H2.CH5N/c1-5-10-25-12-18(16-6-7-16)20-11-13(2)14(3)22(26-20)17-8-9-19(24)15(4)21(17)23;1-8-5-9(7-15-10-3-4-10)12(13)11(6-8)14-2;1-3-2;4*1-2/h5,8-11,16,18,25H,6-7,12H2,1-4H3;5-7,10,14H,3-4,13H2,1-2H3;3H2,1-2H3;2*1-2H3;1-2H;2H2,1H3. The molecule has 2 fully saturated rings. The Morgan fingerprint density at radius 1 is 0.981 bits per heavy atom. The lowest BCUT2D eigenvalue weighted by Crippen LogP contribution is -2.19. The van der Waals surface area contributed by atoms with Crippen LogP contribution < -0.4 is 22.1 Å². The van der Waals surface area contributed by atoms with Gasteiger partial charge in [-0.1, -0.05) is 65.6 Å². The van der Waals surface area contributed by atoms with Crippen molar-refractivity contribution in [3.8, 4) is 24.1 Å². The molecule has 1 atom stereocenters. The molecule has 290 valence electrons. The number of hydrogen-bond donors (Lipinski definition) is 4. The van der Waals surface area contributed by atoms with Gasteiger partial charge < -0.3 is 22.1 Å². The molecule has 6 N–H and O–H groups in total. The molecule has 6 nitrogen and oxygen atoms in total. The van der Waals surface area contributed by atoms with Crippen LogP contribution in [0.3, 0.4) is 0 Å². The number of aromatic nitrogens is 1. The number of aryl methyl sites for hydroxylation is 2. The molecule has 0 bridgehead atoms. The van der Waals surface area contributed by atoms with Gasteiger partial charge >= 0.3 is 0 Å². The number of hydrogen-bond acceptors (Lipinski definition) is 6. The van der Waals surface area contributed by atoms with Crippen LogP contribution in [0.2, 0.25) is 5.02 Å². The molecule has 0 amide bonds. The number of anilines is 2. The number of benzene rings is 2. The van der Waals surface area contributed by atoms with Crippen molar-refractivity contribution in [1.29, 1.82) is 0 Å². The molecule has 1 aromatic heterocycles. The van der Waals surface area contributed by atoms with Crippen molar-refractivity contribution in [2.75, 3.05) is 31.7 Å². The molecule has 52 heavy (non-hydrogen) atoms. The Balaban J connectivity index is 0. The number of nitrogens with zero attached hydrogens (tertiary/aromatic N) is 2. The van der Waals surface area contributed by atoms with Gasteiger partial charge in [0.15, 0.2) is 0 Å². The molecular weight excluding hydrogens is 667 g/mol. The lowest BCUT2D eigenvalue weighted by atomic mass is 9.94. The zero-order valence-corrected chi connectivity index (χ0v) is 35.3. The molecule has 0 aliphatic heterocycles. The number of rotatable bonds is 9. The highest BCUT2D eigenvalue weighted by atomic mass is 35.5. The van der Waals surface area contributed by atoms with Crippen LogP contribution in [0.5, 0.6) is 0 Å². The van der Waals surface area contributed by atoms with E-state index < -0.39 is 0 Å². The van der Waals surface area contributed by atoms with Crippen LogP contribution in [-0.2, 0) is 0 Å². The highest BCUT2D eigenvalue weighted by molar-refractivity contribution is 6.34. The average molecular weight is 738 g/mol. The average Bonchev–Trinajstić information content (AvgIpc) is 4.11. The van der Waals surface area contributed by atoms with E-state index >= 15 is 0 Å². The molecular formula is C44H70ClFN6.